The maximum absolute atomic E-state index is 12.6. The number of hydrogen-bond donors (Lipinski definition) is 1. The molecule has 0 radical (unpaired) electrons. The van der Waals surface area contributed by atoms with Crippen molar-refractivity contribution in [2.24, 2.45) is 5.92 Å². The van der Waals surface area contributed by atoms with Gasteiger partial charge in [0.2, 0.25) is 5.91 Å². The van der Waals surface area contributed by atoms with Crippen LogP contribution < -0.4 is 5.32 Å². The van der Waals surface area contributed by atoms with Crippen molar-refractivity contribution in [1.82, 2.24) is 0 Å². The zero-order chi connectivity index (χ0) is 19.6. The summed E-state index contributed by atoms with van der Waals surface area (Å²) in [5.41, 5.74) is 2.49. The lowest BCUT2D eigenvalue weighted by atomic mass is 9.78. The van der Waals surface area contributed by atoms with Crippen LogP contribution in [0.1, 0.15) is 42.7 Å². The molecule has 2 aromatic carbocycles. The lowest BCUT2D eigenvalue weighted by Crippen LogP contribution is -2.26. The van der Waals surface area contributed by atoms with Gasteiger partial charge in [-0.2, -0.15) is 0 Å². The van der Waals surface area contributed by atoms with E-state index in [1.54, 1.807) is 25.1 Å². The summed E-state index contributed by atoms with van der Waals surface area (Å²) in [6, 6.07) is 13.0. The van der Waals surface area contributed by atoms with Crippen LogP contribution >= 0.6 is 11.6 Å². The van der Waals surface area contributed by atoms with Crippen LogP contribution in [0.25, 0.3) is 0 Å². The van der Waals surface area contributed by atoms with Gasteiger partial charge < -0.3 is 5.32 Å². The first-order chi connectivity index (χ1) is 12.7. The van der Waals surface area contributed by atoms with Gasteiger partial charge in [-0.25, -0.2) is 8.42 Å². The monoisotopic (exact) mass is 405 g/mol. The third-order valence-electron chi connectivity index (χ3n) is 5.29. The van der Waals surface area contributed by atoms with Crippen molar-refractivity contribution >= 4 is 33.0 Å². The Morgan fingerprint density at radius 2 is 1.67 bits per heavy atom. The van der Waals surface area contributed by atoms with Crippen molar-refractivity contribution < 1.29 is 13.2 Å². The molecule has 0 spiro atoms. The Labute approximate surface area is 165 Å². The number of hydrogen-bond acceptors (Lipinski definition) is 3. The molecule has 1 fully saturated rings. The van der Waals surface area contributed by atoms with Crippen LogP contribution in [0.15, 0.2) is 47.4 Å². The third kappa shape index (κ3) is 4.90. The Kier molecular flexibility index (Phi) is 5.92. The number of benzene rings is 2. The third-order valence-corrected chi connectivity index (χ3v) is 6.79. The van der Waals surface area contributed by atoms with Gasteiger partial charge in [0, 0.05) is 22.9 Å². The largest absolute Gasteiger partial charge is 0.326 e. The highest BCUT2D eigenvalue weighted by atomic mass is 35.5. The van der Waals surface area contributed by atoms with E-state index in [1.807, 2.05) is 12.1 Å². The number of carbonyl (C=O) groups excluding carboxylic acids is 1. The summed E-state index contributed by atoms with van der Waals surface area (Å²) in [6.45, 7) is 1.75. The van der Waals surface area contributed by atoms with Crippen LogP contribution in [0.5, 0.6) is 0 Å². The highest BCUT2D eigenvalue weighted by Crippen LogP contribution is 2.36. The number of carbonyl (C=O) groups is 1. The summed E-state index contributed by atoms with van der Waals surface area (Å²) in [7, 11) is -3.32. The molecule has 1 aliphatic rings. The molecule has 0 atom stereocenters. The topological polar surface area (TPSA) is 63.2 Å². The zero-order valence-electron chi connectivity index (χ0n) is 15.5. The number of aryl methyl sites for hydroxylation is 1. The van der Waals surface area contributed by atoms with E-state index in [1.165, 1.54) is 11.8 Å². The number of amides is 1. The van der Waals surface area contributed by atoms with Crippen LogP contribution in [0.3, 0.4) is 0 Å². The van der Waals surface area contributed by atoms with Crippen molar-refractivity contribution in [1.29, 1.82) is 0 Å². The minimum Gasteiger partial charge on any atom is -0.326 e. The molecule has 1 amide bonds. The zero-order valence-corrected chi connectivity index (χ0v) is 17.1. The van der Waals surface area contributed by atoms with Crippen LogP contribution in [0.4, 0.5) is 5.69 Å². The minimum atomic E-state index is -3.32. The summed E-state index contributed by atoms with van der Waals surface area (Å²) in [5.74, 6) is 0.381. The van der Waals surface area contributed by atoms with E-state index >= 15 is 0 Å². The van der Waals surface area contributed by atoms with Crippen LogP contribution in [-0.4, -0.2) is 20.6 Å². The molecular weight excluding hydrogens is 382 g/mol. The second-order valence-corrected chi connectivity index (χ2v) is 9.76. The van der Waals surface area contributed by atoms with Crippen molar-refractivity contribution in [2.75, 3.05) is 11.6 Å². The summed E-state index contributed by atoms with van der Waals surface area (Å²) in [6.07, 6.45) is 4.75. The fraction of sp³-hybridized carbons (Fsp3) is 0.381. The number of nitrogens with one attached hydrogen (secondary N) is 1. The van der Waals surface area contributed by atoms with E-state index in [0.717, 1.165) is 30.7 Å². The maximum Gasteiger partial charge on any atom is 0.227 e. The SMILES string of the molecule is Cc1ccc(NC(=O)C2CCC(c3ccc(Cl)cc3)CC2)cc1S(C)(=O)=O. The molecule has 144 valence electrons. The van der Waals surface area contributed by atoms with Crippen LogP contribution in [-0.2, 0) is 14.6 Å². The van der Waals surface area contributed by atoms with E-state index < -0.39 is 9.84 Å². The van der Waals surface area contributed by atoms with Gasteiger partial charge in [0.15, 0.2) is 9.84 Å². The highest BCUT2D eigenvalue weighted by molar-refractivity contribution is 7.90. The minimum absolute atomic E-state index is 0.0344. The van der Waals surface area contributed by atoms with Gasteiger partial charge in [-0.15, -0.1) is 0 Å². The maximum atomic E-state index is 12.6. The van der Waals surface area contributed by atoms with Crippen molar-refractivity contribution in [3.8, 4) is 0 Å². The number of anilines is 1. The molecule has 0 aliphatic heterocycles. The molecule has 0 aromatic heterocycles. The summed E-state index contributed by atoms with van der Waals surface area (Å²) in [4.78, 5) is 12.9. The van der Waals surface area contributed by atoms with Crippen molar-refractivity contribution in [3.05, 3.63) is 58.6 Å². The fourth-order valence-corrected chi connectivity index (χ4v) is 4.87. The van der Waals surface area contributed by atoms with Crippen LogP contribution in [0, 0.1) is 12.8 Å². The van der Waals surface area contributed by atoms with Crippen molar-refractivity contribution in [3.63, 3.8) is 0 Å². The predicted molar refractivity (Wildman–Crippen MR) is 109 cm³/mol. The smallest absolute Gasteiger partial charge is 0.227 e. The van der Waals surface area contributed by atoms with Gasteiger partial charge in [-0.1, -0.05) is 29.8 Å². The number of sulfone groups is 1. The molecule has 27 heavy (non-hydrogen) atoms. The van der Waals surface area contributed by atoms with Crippen LogP contribution in [0.2, 0.25) is 5.02 Å². The van der Waals surface area contributed by atoms with Gasteiger partial charge in [0.1, 0.15) is 0 Å². The molecule has 1 aliphatic carbocycles. The molecule has 3 rings (SSSR count). The molecule has 0 saturated heterocycles. The summed E-state index contributed by atoms with van der Waals surface area (Å²) >= 11 is 5.95. The second kappa shape index (κ2) is 8.03. The Balaban J connectivity index is 1.62. The average Bonchev–Trinajstić information content (AvgIpc) is 2.63. The molecule has 1 saturated carbocycles. The second-order valence-electron chi connectivity index (χ2n) is 7.34. The molecule has 6 heteroatoms. The average molecular weight is 406 g/mol. The quantitative estimate of drug-likeness (QED) is 0.781. The molecular formula is C21H24ClNO3S. The first-order valence-electron chi connectivity index (χ1n) is 9.11. The van der Waals surface area contributed by atoms with Gasteiger partial charge >= 0.3 is 0 Å². The first-order valence-corrected chi connectivity index (χ1v) is 11.4. The van der Waals surface area contributed by atoms with Crippen molar-refractivity contribution in [2.45, 2.75) is 43.4 Å². The van der Waals surface area contributed by atoms with E-state index in [0.29, 0.717) is 17.2 Å². The molecule has 0 heterocycles. The summed E-state index contributed by atoms with van der Waals surface area (Å²) < 4.78 is 23.7. The highest BCUT2D eigenvalue weighted by Gasteiger charge is 2.27. The standard InChI is InChI=1S/C21H24ClNO3S/c1-14-3-12-19(13-20(14)27(2,25)26)23-21(24)17-6-4-15(5-7-17)16-8-10-18(22)11-9-16/h3,8-13,15,17H,4-7H2,1-2H3,(H,23,24). The summed E-state index contributed by atoms with van der Waals surface area (Å²) in [5, 5.41) is 3.63. The van der Waals surface area contributed by atoms with Gasteiger partial charge in [-0.3, -0.25) is 4.79 Å². The molecule has 2 aromatic rings. The van der Waals surface area contributed by atoms with Gasteiger partial charge in [0.25, 0.3) is 0 Å². The Morgan fingerprint density at radius 3 is 2.26 bits per heavy atom. The fourth-order valence-electron chi connectivity index (χ4n) is 3.75. The van der Waals surface area contributed by atoms with E-state index in [4.69, 9.17) is 11.6 Å². The van der Waals surface area contributed by atoms with E-state index in [-0.39, 0.29) is 16.7 Å². The Morgan fingerprint density at radius 1 is 1.04 bits per heavy atom. The predicted octanol–water partition coefficient (Wildman–Crippen LogP) is 4.96. The molecule has 1 N–H and O–H groups in total. The number of rotatable bonds is 4. The van der Waals surface area contributed by atoms with Gasteiger partial charge in [0.05, 0.1) is 4.90 Å². The lowest BCUT2D eigenvalue weighted by Gasteiger charge is -2.28. The molecule has 0 bridgehead atoms. The van der Waals surface area contributed by atoms with E-state index in [9.17, 15) is 13.2 Å². The first kappa shape index (κ1) is 19.9. The molecule has 0 unspecified atom stereocenters. The van der Waals surface area contributed by atoms with E-state index in [2.05, 4.69) is 17.4 Å². The number of halogens is 1. The Hall–Kier alpha value is -1.85. The normalized spacial score (nSPS) is 20.3. The Bertz CT molecular complexity index is 930. The van der Waals surface area contributed by atoms with Gasteiger partial charge in [-0.05, 0) is 73.9 Å². The molecule has 4 nitrogen and oxygen atoms in total. The lowest BCUT2D eigenvalue weighted by molar-refractivity contribution is -0.120.